The van der Waals surface area contributed by atoms with Crippen LogP contribution in [0.2, 0.25) is 0 Å². The van der Waals surface area contributed by atoms with Crippen molar-refractivity contribution in [1.29, 1.82) is 0 Å². The van der Waals surface area contributed by atoms with Crippen LogP contribution in [0, 0.1) is 5.82 Å². The summed E-state index contributed by atoms with van der Waals surface area (Å²) in [6.45, 7) is 4.58. The molecule has 1 atom stereocenters. The van der Waals surface area contributed by atoms with Gasteiger partial charge in [-0.2, -0.15) is 0 Å². The van der Waals surface area contributed by atoms with E-state index in [2.05, 4.69) is 5.32 Å². The van der Waals surface area contributed by atoms with Gasteiger partial charge in [-0.15, -0.1) is 11.8 Å². The van der Waals surface area contributed by atoms with Crippen molar-refractivity contribution in [1.82, 2.24) is 10.2 Å². The van der Waals surface area contributed by atoms with E-state index in [0.717, 1.165) is 5.56 Å². The van der Waals surface area contributed by atoms with Gasteiger partial charge in [0.15, 0.2) is 0 Å². The molecule has 28 heavy (non-hydrogen) atoms. The molecule has 0 aliphatic carbocycles. The molecule has 2 amide bonds. The van der Waals surface area contributed by atoms with Gasteiger partial charge >= 0.3 is 0 Å². The first-order valence-electron chi connectivity index (χ1n) is 9.45. The molecule has 0 saturated carbocycles. The average molecular weight is 403 g/mol. The molecule has 0 fully saturated rings. The molecule has 2 aromatic rings. The molecule has 1 N–H and O–H groups in total. The fourth-order valence-electron chi connectivity index (χ4n) is 2.84. The Morgan fingerprint density at radius 3 is 2.46 bits per heavy atom. The second-order valence-corrected chi connectivity index (χ2v) is 7.46. The van der Waals surface area contributed by atoms with E-state index in [-0.39, 0.29) is 23.4 Å². The molecule has 0 spiro atoms. The lowest BCUT2D eigenvalue weighted by Crippen LogP contribution is -2.49. The largest absolute Gasteiger partial charge is 0.355 e. The highest BCUT2D eigenvalue weighted by molar-refractivity contribution is 7.99. The Hall–Kier alpha value is -2.34. The number of carbonyl (C=O) groups is 2. The normalized spacial score (nSPS) is 11.7. The summed E-state index contributed by atoms with van der Waals surface area (Å²) >= 11 is 1.36. The number of hydrogen-bond acceptors (Lipinski definition) is 3. The molecule has 0 aliphatic rings. The Balaban J connectivity index is 1.98. The van der Waals surface area contributed by atoms with Gasteiger partial charge < -0.3 is 10.2 Å². The van der Waals surface area contributed by atoms with Crippen LogP contribution in [0.5, 0.6) is 0 Å². The summed E-state index contributed by atoms with van der Waals surface area (Å²) in [5.41, 5.74) is 1.69. The van der Waals surface area contributed by atoms with Crippen LogP contribution in [0.15, 0.2) is 54.6 Å². The fourth-order valence-corrected chi connectivity index (χ4v) is 3.74. The van der Waals surface area contributed by atoms with Gasteiger partial charge in [-0.25, -0.2) is 4.39 Å². The van der Waals surface area contributed by atoms with Gasteiger partial charge in [-0.05, 0) is 37.5 Å². The molecule has 2 rings (SSSR count). The summed E-state index contributed by atoms with van der Waals surface area (Å²) in [5.74, 6) is 0.0750. The maximum absolute atomic E-state index is 13.7. The van der Waals surface area contributed by atoms with Crippen molar-refractivity contribution in [3.63, 3.8) is 0 Å². The van der Waals surface area contributed by atoms with Crippen molar-refractivity contribution in [3.05, 3.63) is 71.5 Å². The molecule has 0 heterocycles. The van der Waals surface area contributed by atoms with Gasteiger partial charge in [0.05, 0.1) is 5.75 Å². The third kappa shape index (κ3) is 6.68. The van der Waals surface area contributed by atoms with E-state index in [9.17, 15) is 14.0 Å². The van der Waals surface area contributed by atoms with E-state index in [1.54, 1.807) is 30.0 Å². The Kier molecular flexibility index (Phi) is 9.01. The van der Waals surface area contributed by atoms with E-state index < -0.39 is 6.04 Å². The molecule has 0 radical (unpaired) electrons. The number of thioether (sulfide) groups is 1. The Labute approximate surface area is 170 Å². The number of likely N-dealkylation sites (N-methyl/N-ethyl adjacent to an activating group) is 1. The lowest BCUT2D eigenvalue weighted by atomic mass is 10.1. The van der Waals surface area contributed by atoms with Gasteiger partial charge in [-0.3, -0.25) is 9.59 Å². The van der Waals surface area contributed by atoms with Crippen LogP contribution in [0.1, 0.15) is 25.0 Å². The minimum atomic E-state index is -0.551. The highest BCUT2D eigenvalue weighted by Gasteiger charge is 2.25. The zero-order valence-corrected chi connectivity index (χ0v) is 17.2. The number of benzene rings is 2. The van der Waals surface area contributed by atoms with Crippen LogP contribution >= 0.6 is 11.8 Å². The van der Waals surface area contributed by atoms with E-state index in [1.807, 2.05) is 37.3 Å². The van der Waals surface area contributed by atoms with Crippen LogP contribution in [0.4, 0.5) is 4.39 Å². The third-order valence-electron chi connectivity index (χ3n) is 4.44. The van der Waals surface area contributed by atoms with Crippen LogP contribution < -0.4 is 5.32 Å². The van der Waals surface area contributed by atoms with Crippen LogP contribution in [0.3, 0.4) is 0 Å². The lowest BCUT2D eigenvalue weighted by Gasteiger charge is -2.28. The summed E-state index contributed by atoms with van der Waals surface area (Å²) in [6.07, 6.45) is 0.675. The number of nitrogens with one attached hydrogen (secondary N) is 1. The summed E-state index contributed by atoms with van der Waals surface area (Å²) in [7, 11) is 0. The number of carbonyl (C=O) groups excluding carboxylic acids is 2. The predicted molar refractivity (Wildman–Crippen MR) is 113 cm³/mol. The Bertz CT molecular complexity index is 770. The zero-order chi connectivity index (χ0) is 20.4. The molecule has 4 nitrogen and oxygen atoms in total. The van der Waals surface area contributed by atoms with E-state index in [1.165, 1.54) is 17.8 Å². The number of rotatable bonds is 10. The maximum Gasteiger partial charge on any atom is 0.242 e. The first kappa shape index (κ1) is 22.0. The first-order valence-corrected chi connectivity index (χ1v) is 10.6. The molecule has 150 valence electrons. The number of halogens is 1. The number of hydrogen-bond donors (Lipinski definition) is 1. The minimum absolute atomic E-state index is 0.115. The molecular formula is C22H27FN2O2S. The van der Waals surface area contributed by atoms with Crippen molar-refractivity contribution in [2.24, 2.45) is 0 Å². The molecule has 6 heteroatoms. The summed E-state index contributed by atoms with van der Waals surface area (Å²) in [5, 5.41) is 2.78. The van der Waals surface area contributed by atoms with Gasteiger partial charge in [0, 0.05) is 18.8 Å². The second-order valence-electron chi connectivity index (χ2n) is 6.48. The van der Waals surface area contributed by atoms with E-state index >= 15 is 0 Å². The standard InChI is InChI=1S/C22H27FN2O2S/c1-3-24-22(27)17(2)25(14-13-18-9-5-4-6-10-18)21(26)16-28-15-19-11-7-8-12-20(19)23/h4-12,17H,3,13-16H2,1-2H3,(H,24,27). The lowest BCUT2D eigenvalue weighted by molar-refractivity contribution is -0.137. The van der Waals surface area contributed by atoms with Gasteiger partial charge in [0.2, 0.25) is 11.8 Å². The zero-order valence-electron chi connectivity index (χ0n) is 16.4. The van der Waals surface area contributed by atoms with Crippen molar-refractivity contribution in [2.75, 3.05) is 18.8 Å². The predicted octanol–water partition coefficient (Wildman–Crippen LogP) is 3.65. The van der Waals surface area contributed by atoms with Crippen LogP contribution in [0.25, 0.3) is 0 Å². The summed E-state index contributed by atoms with van der Waals surface area (Å²) in [6, 6.07) is 15.9. The topological polar surface area (TPSA) is 49.4 Å². The number of amides is 2. The fraction of sp³-hybridized carbons (Fsp3) is 0.364. The van der Waals surface area contributed by atoms with E-state index in [4.69, 9.17) is 0 Å². The second kappa shape index (κ2) is 11.5. The van der Waals surface area contributed by atoms with Crippen LogP contribution in [-0.2, 0) is 21.8 Å². The van der Waals surface area contributed by atoms with E-state index in [0.29, 0.717) is 30.8 Å². The number of nitrogens with zero attached hydrogens (tertiary/aromatic N) is 1. The van der Waals surface area contributed by atoms with Crippen molar-refractivity contribution in [3.8, 4) is 0 Å². The molecule has 0 aromatic heterocycles. The highest BCUT2D eigenvalue weighted by Crippen LogP contribution is 2.17. The quantitative estimate of drug-likeness (QED) is 0.660. The molecule has 0 aliphatic heterocycles. The maximum atomic E-state index is 13.7. The Morgan fingerprint density at radius 2 is 1.79 bits per heavy atom. The molecular weight excluding hydrogens is 375 g/mol. The van der Waals surface area contributed by atoms with Gasteiger partial charge in [0.25, 0.3) is 0 Å². The van der Waals surface area contributed by atoms with Crippen molar-refractivity contribution in [2.45, 2.75) is 32.1 Å². The minimum Gasteiger partial charge on any atom is -0.355 e. The smallest absolute Gasteiger partial charge is 0.242 e. The molecule has 0 saturated heterocycles. The van der Waals surface area contributed by atoms with Crippen molar-refractivity contribution >= 4 is 23.6 Å². The SMILES string of the molecule is CCNC(=O)C(C)N(CCc1ccccc1)C(=O)CSCc1ccccc1F. The Morgan fingerprint density at radius 1 is 1.11 bits per heavy atom. The molecule has 1 unspecified atom stereocenters. The summed E-state index contributed by atoms with van der Waals surface area (Å²) in [4.78, 5) is 26.7. The van der Waals surface area contributed by atoms with Gasteiger partial charge in [0.1, 0.15) is 11.9 Å². The monoisotopic (exact) mass is 402 g/mol. The highest BCUT2D eigenvalue weighted by atomic mass is 32.2. The molecule has 2 aromatic carbocycles. The molecule has 0 bridgehead atoms. The van der Waals surface area contributed by atoms with Crippen molar-refractivity contribution < 1.29 is 14.0 Å². The first-order chi connectivity index (χ1) is 13.5. The van der Waals surface area contributed by atoms with Crippen LogP contribution in [-0.4, -0.2) is 41.6 Å². The van der Waals surface area contributed by atoms with Gasteiger partial charge in [-0.1, -0.05) is 48.5 Å². The summed E-state index contributed by atoms with van der Waals surface area (Å²) < 4.78 is 13.7. The average Bonchev–Trinajstić information content (AvgIpc) is 2.70. The third-order valence-corrected chi connectivity index (χ3v) is 5.41.